The van der Waals surface area contributed by atoms with Gasteiger partial charge in [0.15, 0.2) is 0 Å². The number of nitrogens with zero attached hydrogens (tertiary/aromatic N) is 3. The number of carbonyl (C=O) groups excluding carboxylic acids is 1. The van der Waals surface area contributed by atoms with Crippen LogP contribution >= 0.6 is 0 Å². The van der Waals surface area contributed by atoms with Gasteiger partial charge >= 0.3 is 5.69 Å². The van der Waals surface area contributed by atoms with Crippen molar-refractivity contribution in [3.8, 4) is 0 Å². The highest BCUT2D eigenvalue weighted by molar-refractivity contribution is 5.97. The van der Waals surface area contributed by atoms with E-state index in [0.717, 1.165) is 10.1 Å². The van der Waals surface area contributed by atoms with Crippen molar-refractivity contribution in [1.29, 1.82) is 0 Å². The molecule has 0 aliphatic carbocycles. The van der Waals surface area contributed by atoms with Gasteiger partial charge in [-0.1, -0.05) is 48.5 Å². The highest BCUT2D eigenvalue weighted by atomic mass is 16.6. The van der Waals surface area contributed by atoms with Gasteiger partial charge < -0.3 is 5.32 Å². The third-order valence-corrected chi connectivity index (χ3v) is 5.56. The number of benzene rings is 3. The summed E-state index contributed by atoms with van der Waals surface area (Å²) < 4.78 is 2.38. The first kappa shape index (κ1) is 23.4. The minimum absolute atomic E-state index is 0.00184. The van der Waals surface area contributed by atoms with Crippen molar-refractivity contribution in [3.63, 3.8) is 0 Å². The SMILES string of the molecule is C=CCn1c(=O)c2ccc(C(=O)NCc3ccccc3)cc2n(Cc2cccc([N+](=O)[O-])c2)c1=O. The third kappa shape index (κ3) is 4.93. The highest BCUT2D eigenvalue weighted by Gasteiger charge is 2.16. The lowest BCUT2D eigenvalue weighted by atomic mass is 10.1. The van der Waals surface area contributed by atoms with Gasteiger partial charge in [-0.05, 0) is 29.3 Å². The number of allylic oxidation sites excluding steroid dienone is 1. The molecule has 35 heavy (non-hydrogen) atoms. The maximum absolute atomic E-state index is 13.3. The Morgan fingerprint density at radius 1 is 0.971 bits per heavy atom. The molecule has 0 bridgehead atoms. The second-order valence-corrected chi connectivity index (χ2v) is 7.90. The molecule has 1 heterocycles. The summed E-state index contributed by atoms with van der Waals surface area (Å²) in [5.41, 5.74) is 0.759. The van der Waals surface area contributed by atoms with E-state index in [1.807, 2.05) is 30.3 Å². The molecule has 0 aliphatic heterocycles. The molecule has 0 saturated carbocycles. The zero-order valence-electron chi connectivity index (χ0n) is 18.7. The van der Waals surface area contributed by atoms with Crippen LogP contribution in [0.25, 0.3) is 10.9 Å². The first-order valence-corrected chi connectivity index (χ1v) is 10.8. The second kappa shape index (κ2) is 10.0. The number of aromatic nitrogens is 2. The Bertz CT molecular complexity index is 1550. The molecule has 0 spiro atoms. The van der Waals surface area contributed by atoms with Crippen molar-refractivity contribution in [2.75, 3.05) is 0 Å². The largest absolute Gasteiger partial charge is 0.348 e. The first-order chi connectivity index (χ1) is 16.9. The molecule has 1 amide bonds. The molecule has 4 aromatic rings. The number of hydrogen-bond acceptors (Lipinski definition) is 5. The summed E-state index contributed by atoms with van der Waals surface area (Å²) in [5, 5.41) is 14.3. The lowest BCUT2D eigenvalue weighted by molar-refractivity contribution is -0.384. The monoisotopic (exact) mass is 470 g/mol. The topological polar surface area (TPSA) is 116 Å². The van der Waals surface area contributed by atoms with Crippen molar-refractivity contribution in [2.24, 2.45) is 0 Å². The summed E-state index contributed by atoms with van der Waals surface area (Å²) in [7, 11) is 0. The van der Waals surface area contributed by atoms with Crippen LogP contribution in [0.3, 0.4) is 0 Å². The quantitative estimate of drug-likeness (QED) is 0.241. The molecule has 9 heteroatoms. The fourth-order valence-electron chi connectivity index (χ4n) is 3.83. The van der Waals surface area contributed by atoms with E-state index in [4.69, 9.17) is 0 Å². The van der Waals surface area contributed by atoms with E-state index >= 15 is 0 Å². The number of non-ortho nitro benzene ring substituents is 1. The molecule has 0 atom stereocenters. The van der Waals surface area contributed by atoms with Gasteiger partial charge in [-0.25, -0.2) is 4.79 Å². The molecule has 0 saturated heterocycles. The average molecular weight is 470 g/mol. The molecule has 4 rings (SSSR count). The molecule has 176 valence electrons. The molecule has 1 N–H and O–H groups in total. The number of rotatable bonds is 8. The number of hydrogen-bond donors (Lipinski definition) is 1. The van der Waals surface area contributed by atoms with Crippen LogP contribution < -0.4 is 16.6 Å². The van der Waals surface area contributed by atoms with E-state index in [0.29, 0.717) is 12.1 Å². The van der Waals surface area contributed by atoms with E-state index in [-0.39, 0.29) is 41.2 Å². The van der Waals surface area contributed by atoms with Crippen molar-refractivity contribution in [1.82, 2.24) is 14.5 Å². The zero-order valence-corrected chi connectivity index (χ0v) is 18.7. The van der Waals surface area contributed by atoms with Gasteiger partial charge in [0, 0.05) is 30.8 Å². The van der Waals surface area contributed by atoms with Gasteiger partial charge in [-0.3, -0.25) is 28.8 Å². The molecule has 9 nitrogen and oxygen atoms in total. The molecule has 3 aromatic carbocycles. The lowest BCUT2D eigenvalue weighted by Gasteiger charge is -2.14. The summed E-state index contributed by atoms with van der Waals surface area (Å²) in [6.07, 6.45) is 1.44. The Labute approximate surface area is 199 Å². The fraction of sp³-hybridized carbons (Fsp3) is 0.115. The van der Waals surface area contributed by atoms with E-state index in [9.17, 15) is 24.5 Å². The number of carbonyl (C=O) groups is 1. The van der Waals surface area contributed by atoms with E-state index in [1.165, 1.54) is 47.0 Å². The molecule has 0 unspecified atom stereocenters. The van der Waals surface area contributed by atoms with E-state index in [1.54, 1.807) is 6.07 Å². The van der Waals surface area contributed by atoms with Gasteiger partial charge in [-0.2, -0.15) is 0 Å². The Kier molecular flexibility index (Phi) is 6.68. The molecule has 0 radical (unpaired) electrons. The normalized spacial score (nSPS) is 10.7. The van der Waals surface area contributed by atoms with Crippen molar-refractivity contribution < 1.29 is 9.72 Å². The highest BCUT2D eigenvalue weighted by Crippen LogP contribution is 2.17. The molecule has 1 aromatic heterocycles. The van der Waals surface area contributed by atoms with Gasteiger partial charge in [0.25, 0.3) is 17.2 Å². The summed E-state index contributed by atoms with van der Waals surface area (Å²) in [6, 6.07) is 19.9. The maximum atomic E-state index is 13.3. The lowest BCUT2D eigenvalue weighted by Crippen LogP contribution is -2.40. The predicted octanol–water partition coefficient (Wildman–Crippen LogP) is 3.24. The standard InChI is InChI=1S/C26H22N4O5/c1-2-13-28-25(32)22-12-11-20(24(31)27-16-18-7-4-3-5-8-18)15-23(22)29(26(28)33)17-19-9-6-10-21(14-19)30(34)35/h2-12,14-15H,1,13,16-17H2,(H,27,31). The molecular formula is C26H22N4O5. The van der Waals surface area contributed by atoms with Crippen LogP contribution in [0, 0.1) is 10.1 Å². The molecule has 0 fully saturated rings. The van der Waals surface area contributed by atoms with E-state index < -0.39 is 16.2 Å². The number of fused-ring (bicyclic) bond motifs is 1. The van der Waals surface area contributed by atoms with Crippen LogP contribution in [-0.4, -0.2) is 20.0 Å². The number of nitrogens with one attached hydrogen (secondary N) is 1. The van der Waals surface area contributed by atoms with Crippen LogP contribution in [0.1, 0.15) is 21.5 Å². The number of nitro groups is 1. The average Bonchev–Trinajstić information content (AvgIpc) is 2.88. The van der Waals surface area contributed by atoms with Crippen LogP contribution in [0.5, 0.6) is 0 Å². The van der Waals surface area contributed by atoms with Crippen LogP contribution in [0.15, 0.2) is 95.0 Å². The van der Waals surface area contributed by atoms with Crippen molar-refractivity contribution >= 4 is 22.5 Å². The summed E-state index contributed by atoms with van der Waals surface area (Å²) in [5.74, 6) is -0.361. The van der Waals surface area contributed by atoms with Crippen LogP contribution in [-0.2, 0) is 19.6 Å². The number of nitro benzene ring substituents is 1. The number of amides is 1. The molecular weight excluding hydrogens is 448 g/mol. The fourth-order valence-corrected chi connectivity index (χ4v) is 3.83. The molecule has 0 aliphatic rings. The Hall–Kier alpha value is -4.79. The maximum Gasteiger partial charge on any atom is 0.332 e. The van der Waals surface area contributed by atoms with Gasteiger partial charge in [0.1, 0.15) is 0 Å². The van der Waals surface area contributed by atoms with Gasteiger partial charge in [0.05, 0.1) is 22.4 Å². The smallest absolute Gasteiger partial charge is 0.332 e. The van der Waals surface area contributed by atoms with Crippen molar-refractivity contribution in [3.05, 3.63) is 133 Å². The Morgan fingerprint density at radius 3 is 2.43 bits per heavy atom. The zero-order chi connectivity index (χ0) is 24.9. The van der Waals surface area contributed by atoms with Crippen LogP contribution in [0.4, 0.5) is 5.69 Å². The summed E-state index contributed by atoms with van der Waals surface area (Å²) in [6.45, 7) is 3.91. The van der Waals surface area contributed by atoms with Gasteiger partial charge in [-0.15, -0.1) is 6.58 Å². The second-order valence-electron chi connectivity index (χ2n) is 7.90. The minimum atomic E-state index is -0.601. The minimum Gasteiger partial charge on any atom is -0.348 e. The first-order valence-electron chi connectivity index (χ1n) is 10.8. The summed E-state index contributed by atoms with van der Waals surface area (Å²) >= 11 is 0. The predicted molar refractivity (Wildman–Crippen MR) is 132 cm³/mol. The van der Waals surface area contributed by atoms with Crippen LogP contribution in [0.2, 0.25) is 0 Å². The van der Waals surface area contributed by atoms with Gasteiger partial charge in [0.2, 0.25) is 0 Å². The Morgan fingerprint density at radius 2 is 1.71 bits per heavy atom. The third-order valence-electron chi connectivity index (χ3n) is 5.56. The summed E-state index contributed by atoms with van der Waals surface area (Å²) in [4.78, 5) is 49.7. The Balaban J connectivity index is 1.79. The van der Waals surface area contributed by atoms with E-state index in [2.05, 4.69) is 11.9 Å². The van der Waals surface area contributed by atoms with Crippen molar-refractivity contribution in [2.45, 2.75) is 19.6 Å².